The molecule has 146 valence electrons. The van der Waals surface area contributed by atoms with Crippen LogP contribution in [0, 0.1) is 0 Å². The van der Waals surface area contributed by atoms with Crippen LogP contribution < -0.4 is 20.1 Å². The van der Waals surface area contributed by atoms with Crippen molar-refractivity contribution in [2.45, 2.75) is 50.8 Å². The van der Waals surface area contributed by atoms with Crippen LogP contribution in [-0.2, 0) is 10.3 Å². The van der Waals surface area contributed by atoms with E-state index in [1.807, 2.05) is 30.3 Å². The summed E-state index contributed by atoms with van der Waals surface area (Å²) >= 11 is 5.54. The van der Waals surface area contributed by atoms with Crippen molar-refractivity contribution in [2.24, 2.45) is 0 Å². The van der Waals surface area contributed by atoms with Crippen LogP contribution in [0.4, 0.5) is 0 Å². The fraction of sp³-hybridized carbons (Fsp3) is 0.364. The summed E-state index contributed by atoms with van der Waals surface area (Å²) in [5.41, 5.74) is 1.61. The van der Waals surface area contributed by atoms with E-state index in [4.69, 9.17) is 21.7 Å². The molecule has 2 aliphatic rings. The molecular formula is C22H24N2O3S. The van der Waals surface area contributed by atoms with Gasteiger partial charge in [0.1, 0.15) is 17.6 Å². The Kier molecular flexibility index (Phi) is 4.54. The summed E-state index contributed by atoms with van der Waals surface area (Å²) in [6.07, 6.45) is 1.46. The predicted octanol–water partition coefficient (Wildman–Crippen LogP) is 3.98. The van der Waals surface area contributed by atoms with Gasteiger partial charge in [-0.05, 0) is 50.2 Å². The van der Waals surface area contributed by atoms with E-state index in [2.05, 4.69) is 36.6 Å². The lowest BCUT2D eigenvalue weighted by Gasteiger charge is -2.51. The van der Waals surface area contributed by atoms with Gasteiger partial charge in [0.25, 0.3) is 0 Å². The summed E-state index contributed by atoms with van der Waals surface area (Å²) in [6, 6.07) is 15.8. The minimum Gasteiger partial charge on any atom is -0.485 e. The van der Waals surface area contributed by atoms with Gasteiger partial charge >= 0.3 is 5.97 Å². The van der Waals surface area contributed by atoms with Gasteiger partial charge < -0.3 is 20.1 Å². The third-order valence-corrected chi connectivity index (χ3v) is 5.46. The second-order valence-corrected chi connectivity index (χ2v) is 8.60. The molecule has 28 heavy (non-hydrogen) atoms. The molecule has 2 atom stereocenters. The van der Waals surface area contributed by atoms with Gasteiger partial charge in [0.2, 0.25) is 0 Å². The maximum Gasteiger partial charge on any atom is 0.308 e. The van der Waals surface area contributed by atoms with Gasteiger partial charge in [0.15, 0.2) is 5.11 Å². The highest BCUT2D eigenvalue weighted by atomic mass is 32.1. The molecule has 1 fully saturated rings. The maximum atomic E-state index is 11.4. The van der Waals surface area contributed by atoms with Crippen molar-refractivity contribution in [3.05, 3.63) is 59.7 Å². The zero-order valence-electron chi connectivity index (χ0n) is 16.2. The maximum absolute atomic E-state index is 11.4. The topological polar surface area (TPSA) is 59.6 Å². The number of rotatable bonds is 2. The fourth-order valence-corrected chi connectivity index (χ4v) is 4.86. The molecule has 2 aromatic rings. The van der Waals surface area contributed by atoms with Gasteiger partial charge in [-0.1, -0.05) is 30.3 Å². The molecule has 0 unspecified atom stereocenters. The number of hydrogen-bond donors (Lipinski definition) is 2. The van der Waals surface area contributed by atoms with Crippen molar-refractivity contribution in [2.75, 3.05) is 0 Å². The summed E-state index contributed by atoms with van der Waals surface area (Å²) in [6.45, 7) is 5.70. The van der Waals surface area contributed by atoms with Crippen molar-refractivity contribution in [3.63, 3.8) is 0 Å². The second kappa shape index (κ2) is 6.78. The minimum absolute atomic E-state index is 0.134. The monoisotopic (exact) mass is 396 g/mol. The predicted molar refractivity (Wildman–Crippen MR) is 111 cm³/mol. The largest absolute Gasteiger partial charge is 0.485 e. The average molecular weight is 397 g/mol. The Morgan fingerprint density at radius 1 is 1.18 bits per heavy atom. The molecular weight excluding hydrogens is 372 g/mol. The lowest BCUT2D eigenvalue weighted by molar-refractivity contribution is -0.131. The van der Waals surface area contributed by atoms with E-state index in [1.165, 1.54) is 6.92 Å². The Morgan fingerprint density at radius 3 is 2.61 bits per heavy atom. The number of hydrogen-bond acceptors (Lipinski definition) is 4. The molecule has 4 rings (SSSR count). The molecule has 1 saturated heterocycles. The number of benzene rings is 2. The molecule has 2 aliphatic heterocycles. The molecule has 2 N–H and O–H groups in total. The molecule has 2 aromatic carbocycles. The summed E-state index contributed by atoms with van der Waals surface area (Å²) in [5.74, 6) is 0.838. The van der Waals surface area contributed by atoms with Crippen molar-refractivity contribution in [3.8, 4) is 11.5 Å². The molecule has 0 bridgehead atoms. The lowest BCUT2D eigenvalue weighted by Crippen LogP contribution is -2.65. The number of nitrogens with one attached hydrogen (secondary N) is 2. The zero-order chi connectivity index (χ0) is 19.9. The van der Waals surface area contributed by atoms with E-state index < -0.39 is 0 Å². The van der Waals surface area contributed by atoms with E-state index in [-0.39, 0.29) is 23.2 Å². The van der Waals surface area contributed by atoms with Gasteiger partial charge in [-0.2, -0.15) is 0 Å². The van der Waals surface area contributed by atoms with E-state index >= 15 is 0 Å². The second-order valence-electron chi connectivity index (χ2n) is 8.19. The summed E-state index contributed by atoms with van der Waals surface area (Å²) in [4.78, 5) is 11.4. The summed E-state index contributed by atoms with van der Waals surface area (Å²) < 4.78 is 11.7. The van der Waals surface area contributed by atoms with Crippen molar-refractivity contribution in [1.82, 2.24) is 10.6 Å². The molecule has 2 heterocycles. The first-order chi connectivity index (χ1) is 13.3. The Hall–Kier alpha value is -2.60. The van der Waals surface area contributed by atoms with Gasteiger partial charge in [0.05, 0.1) is 5.54 Å². The Bertz CT molecular complexity index is 929. The van der Waals surface area contributed by atoms with Crippen LogP contribution in [0.3, 0.4) is 0 Å². The molecule has 1 spiro atoms. The molecule has 0 aromatic heterocycles. The quantitative estimate of drug-likeness (QED) is 0.455. The molecule has 0 aliphatic carbocycles. The van der Waals surface area contributed by atoms with Crippen LogP contribution in [0.25, 0.3) is 0 Å². The summed E-state index contributed by atoms with van der Waals surface area (Å²) in [7, 11) is 0. The summed E-state index contributed by atoms with van der Waals surface area (Å²) in [5, 5.41) is 7.54. The third kappa shape index (κ3) is 3.56. The van der Waals surface area contributed by atoms with Crippen molar-refractivity contribution < 1.29 is 14.3 Å². The molecule has 0 radical (unpaired) electrons. The Labute approximate surface area is 170 Å². The van der Waals surface area contributed by atoms with Crippen LogP contribution in [0.5, 0.6) is 11.5 Å². The standard InChI is InChI=1S/C22H24N2O3S/c1-14(25)26-16-9-10-17-18(11-16)27-19(15-7-5-4-6-8-15)12-22(17)13-21(2,3)23-20(28)24-22/h4-11,19H,12-13H2,1-3H3,(H2,23,24,28)/t19-,22-/m1/s1. The number of esters is 1. The highest BCUT2D eigenvalue weighted by Gasteiger charge is 2.48. The normalized spacial score (nSPS) is 25.1. The van der Waals surface area contributed by atoms with E-state index in [1.54, 1.807) is 6.07 Å². The van der Waals surface area contributed by atoms with Gasteiger partial charge in [-0.25, -0.2) is 0 Å². The van der Waals surface area contributed by atoms with Gasteiger partial charge in [0, 0.05) is 30.5 Å². The van der Waals surface area contributed by atoms with E-state index in [0.717, 1.165) is 24.0 Å². The first-order valence-corrected chi connectivity index (χ1v) is 9.82. The number of fused-ring (bicyclic) bond motifs is 2. The Morgan fingerprint density at radius 2 is 1.93 bits per heavy atom. The van der Waals surface area contributed by atoms with Gasteiger partial charge in [-0.3, -0.25) is 4.79 Å². The number of thiocarbonyl (C=S) groups is 1. The first-order valence-electron chi connectivity index (χ1n) is 9.41. The van der Waals surface area contributed by atoms with Gasteiger partial charge in [-0.15, -0.1) is 0 Å². The van der Waals surface area contributed by atoms with Crippen LogP contribution in [0.15, 0.2) is 48.5 Å². The first kappa shape index (κ1) is 18.7. The van der Waals surface area contributed by atoms with Crippen LogP contribution in [-0.4, -0.2) is 16.6 Å². The molecule has 0 saturated carbocycles. The number of ether oxygens (including phenoxy) is 2. The van der Waals surface area contributed by atoms with Crippen molar-refractivity contribution in [1.29, 1.82) is 0 Å². The minimum atomic E-state index is -0.366. The highest BCUT2D eigenvalue weighted by Crippen LogP contribution is 2.50. The van der Waals surface area contributed by atoms with Crippen LogP contribution in [0.1, 0.15) is 50.8 Å². The van der Waals surface area contributed by atoms with Crippen molar-refractivity contribution >= 4 is 23.3 Å². The number of carbonyl (C=O) groups excluding carboxylic acids is 1. The SMILES string of the molecule is CC(=O)Oc1ccc2c(c1)O[C@@H](c1ccccc1)C[C@@]21CC(C)(C)NC(=S)N1. The van der Waals surface area contributed by atoms with Crippen LogP contribution in [0.2, 0.25) is 0 Å². The van der Waals surface area contributed by atoms with Crippen LogP contribution >= 0.6 is 12.2 Å². The van der Waals surface area contributed by atoms with E-state index in [9.17, 15) is 4.79 Å². The smallest absolute Gasteiger partial charge is 0.308 e. The molecule has 6 heteroatoms. The fourth-order valence-electron chi connectivity index (χ4n) is 4.38. The Balaban J connectivity index is 1.81. The van der Waals surface area contributed by atoms with E-state index in [0.29, 0.717) is 16.6 Å². The third-order valence-electron chi connectivity index (χ3n) is 5.25. The molecule has 5 nitrogen and oxygen atoms in total. The number of carbonyl (C=O) groups is 1. The lowest BCUT2D eigenvalue weighted by atomic mass is 9.72. The zero-order valence-corrected chi connectivity index (χ0v) is 17.1. The highest BCUT2D eigenvalue weighted by molar-refractivity contribution is 7.80. The average Bonchev–Trinajstić information content (AvgIpc) is 2.59. The molecule has 0 amide bonds.